The predicted octanol–water partition coefficient (Wildman–Crippen LogP) is 3.21. The lowest BCUT2D eigenvalue weighted by Gasteiger charge is -2.21. The van der Waals surface area contributed by atoms with Crippen LogP contribution in [0.1, 0.15) is 49.4 Å². The number of benzene rings is 1. The van der Waals surface area contributed by atoms with Crippen LogP contribution < -0.4 is 5.32 Å². The number of carboxylic acid groups (broad SMARTS) is 1. The second kappa shape index (κ2) is 6.55. The summed E-state index contributed by atoms with van der Waals surface area (Å²) in [6, 6.07) is 6.88. The number of hydrogen-bond acceptors (Lipinski definition) is 2. The average Bonchev–Trinajstić information content (AvgIpc) is 2.26. The van der Waals surface area contributed by atoms with Gasteiger partial charge in [0.25, 0.3) is 0 Å². The van der Waals surface area contributed by atoms with E-state index in [2.05, 4.69) is 44.3 Å². The Morgan fingerprint density at radius 2 is 2.00 bits per heavy atom. The molecule has 2 N–H and O–H groups in total. The second-order valence-electron chi connectivity index (χ2n) is 5.08. The third-order valence-corrected chi connectivity index (χ3v) is 3.22. The molecule has 2 atom stereocenters. The molecule has 1 aromatic carbocycles. The van der Waals surface area contributed by atoms with Crippen LogP contribution in [0.5, 0.6) is 0 Å². The van der Waals surface area contributed by atoms with E-state index in [1.165, 1.54) is 16.7 Å². The lowest BCUT2D eigenvalue weighted by molar-refractivity contribution is -0.137. The number of hydrogen-bond donors (Lipinski definition) is 2. The minimum atomic E-state index is -0.734. The van der Waals surface area contributed by atoms with Gasteiger partial charge in [-0.3, -0.25) is 4.79 Å². The molecule has 100 valence electrons. The molecule has 0 aliphatic heterocycles. The summed E-state index contributed by atoms with van der Waals surface area (Å²) in [5.41, 5.74) is 3.82. The third-order valence-electron chi connectivity index (χ3n) is 3.22. The van der Waals surface area contributed by atoms with Crippen molar-refractivity contribution in [1.29, 1.82) is 0 Å². The van der Waals surface area contributed by atoms with Crippen LogP contribution in [0.15, 0.2) is 18.2 Å². The Labute approximate surface area is 109 Å². The van der Waals surface area contributed by atoms with Gasteiger partial charge >= 0.3 is 5.97 Å². The van der Waals surface area contributed by atoms with Crippen molar-refractivity contribution in [3.63, 3.8) is 0 Å². The number of aliphatic carboxylic acids is 1. The maximum atomic E-state index is 10.5. The SMILES string of the molecule is Cc1ccc(C(C)NC(C)CCC(=O)O)c(C)c1. The first-order chi connectivity index (χ1) is 8.40. The zero-order valence-electron chi connectivity index (χ0n) is 11.7. The normalized spacial score (nSPS) is 14.2. The average molecular weight is 249 g/mol. The Morgan fingerprint density at radius 3 is 2.56 bits per heavy atom. The Kier molecular flexibility index (Phi) is 5.35. The first-order valence-corrected chi connectivity index (χ1v) is 6.45. The molecule has 0 saturated heterocycles. The summed E-state index contributed by atoms with van der Waals surface area (Å²) in [7, 11) is 0. The molecule has 0 heterocycles. The van der Waals surface area contributed by atoms with E-state index < -0.39 is 5.97 Å². The summed E-state index contributed by atoms with van der Waals surface area (Å²) in [4.78, 5) is 10.5. The fraction of sp³-hybridized carbons (Fsp3) is 0.533. The highest BCUT2D eigenvalue weighted by Gasteiger charge is 2.12. The topological polar surface area (TPSA) is 49.3 Å². The van der Waals surface area contributed by atoms with Crippen LogP contribution in [0.4, 0.5) is 0 Å². The van der Waals surface area contributed by atoms with E-state index in [0.29, 0.717) is 6.42 Å². The van der Waals surface area contributed by atoms with Crippen molar-refractivity contribution in [3.05, 3.63) is 34.9 Å². The molecule has 0 radical (unpaired) electrons. The summed E-state index contributed by atoms with van der Waals surface area (Å²) < 4.78 is 0. The molecule has 0 aliphatic rings. The zero-order chi connectivity index (χ0) is 13.7. The first-order valence-electron chi connectivity index (χ1n) is 6.45. The molecule has 0 saturated carbocycles. The summed E-state index contributed by atoms with van der Waals surface area (Å²) in [5, 5.41) is 12.1. The van der Waals surface area contributed by atoms with Crippen LogP contribution in [0.25, 0.3) is 0 Å². The highest BCUT2D eigenvalue weighted by Crippen LogP contribution is 2.19. The van der Waals surface area contributed by atoms with E-state index in [4.69, 9.17) is 5.11 Å². The summed E-state index contributed by atoms with van der Waals surface area (Å²) in [6.07, 6.45) is 0.873. The van der Waals surface area contributed by atoms with Crippen molar-refractivity contribution >= 4 is 5.97 Å². The van der Waals surface area contributed by atoms with Gasteiger partial charge in [-0.05, 0) is 45.2 Å². The van der Waals surface area contributed by atoms with Gasteiger partial charge in [-0.15, -0.1) is 0 Å². The minimum absolute atomic E-state index is 0.205. The number of aryl methyl sites for hydroxylation is 2. The summed E-state index contributed by atoms with van der Waals surface area (Å²) >= 11 is 0. The standard InChI is InChI=1S/C15H23NO2/c1-10-5-7-14(11(2)9-10)13(4)16-12(3)6-8-15(17)18/h5,7,9,12-13,16H,6,8H2,1-4H3,(H,17,18). The van der Waals surface area contributed by atoms with Gasteiger partial charge in [-0.2, -0.15) is 0 Å². The molecule has 0 bridgehead atoms. The molecular formula is C15H23NO2. The van der Waals surface area contributed by atoms with Crippen LogP contribution in [0, 0.1) is 13.8 Å². The van der Waals surface area contributed by atoms with E-state index in [1.807, 2.05) is 6.92 Å². The molecule has 0 aliphatic carbocycles. The third kappa shape index (κ3) is 4.49. The lowest BCUT2D eigenvalue weighted by Crippen LogP contribution is -2.29. The summed E-state index contributed by atoms with van der Waals surface area (Å²) in [5.74, 6) is -0.734. The number of nitrogens with one attached hydrogen (secondary N) is 1. The van der Waals surface area contributed by atoms with E-state index in [0.717, 1.165) is 0 Å². The van der Waals surface area contributed by atoms with Crippen LogP contribution in [-0.2, 0) is 4.79 Å². The molecule has 2 unspecified atom stereocenters. The Bertz CT molecular complexity index is 415. The predicted molar refractivity (Wildman–Crippen MR) is 73.8 cm³/mol. The molecular weight excluding hydrogens is 226 g/mol. The van der Waals surface area contributed by atoms with Gasteiger partial charge in [0.1, 0.15) is 0 Å². The van der Waals surface area contributed by atoms with Gasteiger partial charge < -0.3 is 10.4 Å². The fourth-order valence-corrected chi connectivity index (χ4v) is 2.25. The van der Waals surface area contributed by atoms with Crippen molar-refractivity contribution in [2.45, 2.75) is 52.6 Å². The molecule has 3 heteroatoms. The molecule has 0 fully saturated rings. The first kappa shape index (κ1) is 14.7. The van der Waals surface area contributed by atoms with Gasteiger partial charge in [-0.25, -0.2) is 0 Å². The Hall–Kier alpha value is -1.35. The maximum absolute atomic E-state index is 10.5. The largest absolute Gasteiger partial charge is 0.481 e. The minimum Gasteiger partial charge on any atom is -0.481 e. The molecule has 1 aromatic rings. The van der Waals surface area contributed by atoms with Gasteiger partial charge in [0.15, 0.2) is 0 Å². The van der Waals surface area contributed by atoms with Crippen molar-refractivity contribution in [1.82, 2.24) is 5.32 Å². The quantitative estimate of drug-likeness (QED) is 0.814. The highest BCUT2D eigenvalue weighted by atomic mass is 16.4. The van der Waals surface area contributed by atoms with Crippen molar-refractivity contribution in [2.75, 3.05) is 0 Å². The van der Waals surface area contributed by atoms with Crippen molar-refractivity contribution < 1.29 is 9.90 Å². The number of carbonyl (C=O) groups is 1. The van der Waals surface area contributed by atoms with E-state index in [1.54, 1.807) is 0 Å². The zero-order valence-corrected chi connectivity index (χ0v) is 11.7. The molecule has 0 amide bonds. The number of rotatable bonds is 6. The Balaban J connectivity index is 2.59. The van der Waals surface area contributed by atoms with Gasteiger partial charge in [0, 0.05) is 18.5 Å². The Morgan fingerprint density at radius 1 is 1.33 bits per heavy atom. The lowest BCUT2D eigenvalue weighted by atomic mass is 9.99. The van der Waals surface area contributed by atoms with Gasteiger partial charge in [0.05, 0.1) is 0 Å². The molecule has 1 rings (SSSR count). The van der Waals surface area contributed by atoms with Gasteiger partial charge in [-0.1, -0.05) is 23.8 Å². The van der Waals surface area contributed by atoms with E-state index in [-0.39, 0.29) is 18.5 Å². The highest BCUT2D eigenvalue weighted by molar-refractivity contribution is 5.66. The molecule has 0 spiro atoms. The van der Waals surface area contributed by atoms with Crippen LogP contribution in [-0.4, -0.2) is 17.1 Å². The van der Waals surface area contributed by atoms with Gasteiger partial charge in [0.2, 0.25) is 0 Å². The van der Waals surface area contributed by atoms with E-state index >= 15 is 0 Å². The van der Waals surface area contributed by atoms with Crippen molar-refractivity contribution in [3.8, 4) is 0 Å². The maximum Gasteiger partial charge on any atom is 0.303 e. The second-order valence-corrected chi connectivity index (χ2v) is 5.08. The van der Waals surface area contributed by atoms with Crippen LogP contribution in [0.3, 0.4) is 0 Å². The van der Waals surface area contributed by atoms with Crippen LogP contribution in [0.2, 0.25) is 0 Å². The van der Waals surface area contributed by atoms with E-state index in [9.17, 15) is 4.79 Å². The monoisotopic (exact) mass is 249 g/mol. The molecule has 3 nitrogen and oxygen atoms in total. The smallest absolute Gasteiger partial charge is 0.303 e. The van der Waals surface area contributed by atoms with Crippen LogP contribution >= 0.6 is 0 Å². The molecule has 0 aromatic heterocycles. The van der Waals surface area contributed by atoms with Crippen molar-refractivity contribution in [2.24, 2.45) is 0 Å². The summed E-state index contributed by atoms with van der Waals surface area (Å²) in [6.45, 7) is 8.35. The fourth-order valence-electron chi connectivity index (χ4n) is 2.25. The molecule has 18 heavy (non-hydrogen) atoms. The number of carboxylic acids is 1.